The Kier molecular flexibility index (Phi) is 5.00. The molecule has 0 aliphatic rings. The van der Waals surface area contributed by atoms with Gasteiger partial charge in [0, 0.05) is 0 Å². The van der Waals surface area contributed by atoms with Crippen LogP contribution in [0.3, 0.4) is 0 Å². The van der Waals surface area contributed by atoms with Crippen LogP contribution in [0, 0.1) is 0 Å². The molecule has 2 N–H and O–H groups in total. The van der Waals surface area contributed by atoms with E-state index in [-0.39, 0.29) is 0 Å². The van der Waals surface area contributed by atoms with E-state index in [1.54, 1.807) is 40.7 Å². The molecule has 0 bridgehead atoms. The van der Waals surface area contributed by atoms with E-state index in [1.165, 1.54) is 0 Å². The number of amides is 1. The van der Waals surface area contributed by atoms with Crippen LogP contribution in [0.1, 0.15) is 41.0 Å². The van der Waals surface area contributed by atoms with E-state index in [0.717, 1.165) is 0 Å². The van der Waals surface area contributed by atoms with Gasteiger partial charge in [0.05, 0.1) is 11.6 Å². The Bertz CT molecular complexity index is 253. The number of aliphatic hydroxyl groups is 1. The maximum atomic E-state index is 11.5. The largest absolute Gasteiger partial charge is 0.444 e. The molecule has 94 valence electrons. The van der Waals surface area contributed by atoms with Crippen LogP contribution in [0.5, 0.6) is 0 Å². The van der Waals surface area contributed by atoms with Gasteiger partial charge >= 0.3 is 6.09 Å². The number of rotatable bonds is 4. The summed E-state index contributed by atoms with van der Waals surface area (Å²) < 4.78 is 5.11. The number of hydrogen-bond donors (Lipinski definition) is 2. The van der Waals surface area contributed by atoms with Gasteiger partial charge in [-0.05, 0) is 41.0 Å². The van der Waals surface area contributed by atoms with Crippen molar-refractivity contribution in [1.29, 1.82) is 0 Å². The minimum absolute atomic E-state index is 0.419. The number of nitrogens with one attached hydrogen (secondary N) is 1. The van der Waals surface area contributed by atoms with E-state index in [2.05, 4.69) is 11.9 Å². The van der Waals surface area contributed by atoms with Gasteiger partial charge in [0.2, 0.25) is 0 Å². The molecule has 4 heteroatoms. The first-order valence-corrected chi connectivity index (χ1v) is 5.38. The van der Waals surface area contributed by atoms with Gasteiger partial charge in [0.1, 0.15) is 5.60 Å². The van der Waals surface area contributed by atoms with Gasteiger partial charge in [0.25, 0.3) is 0 Å². The van der Waals surface area contributed by atoms with Crippen molar-refractivity contribution in [3.8, 4) is 0 Å². The topological polar surface area (TPSA) is 58.6 Å². The maximum absolute atomic E-state index is 11.5. The van der Waals surface area contributed by atoms with Crippen molar-refractivity contribution >= 4 is 6.09 Å². The van der Waals surface area contributed by atoms with Gasteiger partial charge in [-0.2, -0.15) is 0 Å². The highest BCUT2D eigenvalue weighted by Crippen LogP contribution is 2.14. The summed E-state index contributed by atoms with van der Waals surface area (Å²) in [5.74, 6) is 0. The van der Waals surface area contributed by atoms with Crippen molar-refractivity contribution in [3.05, 3.63) is 12.7 Å². The highest BCUT2D eigenvalue weighted by molar-refractivity contribution is 5.68. The molecule has 1 unspecified atom stereocenters. The quantitative estimate of drug-likeness (QED) is 0.727. The van der Waals surface area contributed by atoms with E-state index in [0.29, 0.717) is 6.42 Å². The third-order valence-corrected chi connectivity index (χ3v) is 2.05. The molecule has 0 spiro atoms. The van der Waals surface area contributed by atoms with Gasteiger partial charge in [-0.3, -0.25) is 0 Å². The lowest BCUT2D eigenvalue weighted by Gasteiger charge is -2.32. The molecule has 4 nitrogen and oxygen atoms in total. The fourth-order valence-corrected chi connectivity index (χ4v) is 1.10. The lowest BCUT2D eigenvalue weighted by atomic mass is 9.95. The molecule has 0 saturated heterocycles. The van der Waals surface area contributed by atoms with E-state index in [1.807, 2.05) is 0 Å². The lowest BCUT2D eigenvalue weighted by Crippen LogP contribution is -2.53. The first kappa shape index (κ1) is 15.0. The van der Waals surface area contributed by atoms with Crippen LogP contribution in [0.2, 0.25) is 0 Å². The van der Waals surface area contributed by atoms with Crippen LogP contribution >= 0.6 is 0 Å². The molecule has 0 fully saturated rings. The molecule has 1 amide bonds. The Labute approximate surface area is 97.7 Å². The van der Waals surface area contributed by atoms with Crippen LogP contribution in [-0.4, -0.2) is 28.4 Å². The number of hydrogen-bond acceptors (Lipinski definition) is 3. The Morgan fingerprint density at radius 1 is 1.44 bits per heavy atom. The second kappa shape index (κ2) is 5.34. The minimum atomic E-state index is -0.740. The molecule has 0 radical (unpaired) electrons. The van der Waals surface area contributed by atoms with E-state index < -0.39 is 23.3 Å². The Hall–Kier alpha value is -1.03. The fraction of sp³-hybridized carbons (Fsp3) is 0.750. The Balaban J connectivity index is 4.35. The first-order valence-electron chi connectivity index (χ1n) is 5.38. The fourth-order valence-electron chi connectivity index (χ4n) is 1.10. The molecule has 0 heterocycles. The van der Waals surface area contributed by atoms with Crippen molar-refractivity contribution in [2.75, 3.05) is 0 Å². The van der Waals surface area contributed by atoms with Crippen molar-refractivity contribution < 1.29 is 14.6 Å². The number of alkyl carbamates (subject to hydrolysis) is 1. The number of aliphatic hydroxyl groups excluding tert-OH is 1. The molecule has 0 aliphatic heterocycles. The molecule has 0 aromatic carbocycles. The SMILES string of the molecule is C=CCC(O)C(C)(C)NC(=O)OC(C)(C)C. The summed E-state index contributed by atoms with van der Waals surface area (Å²) in [7, 11) is 0. The monoisotopic (exact) mass is 229 g/mol. The molecule has 0 saturated carbocycles. The highest BCUT2D eigenvalue weighted by Gasteiger charge is 2.30. The zero-order chi connectivity index (χ0) is 13.0. The van der Waals surface area contributed by atoms with Crippen molar-refractivity contribution in [2.45, 2.75) is 58.3 Å². The van der Waals surface area contributed by atoms with Crippen LogP contribution in [-0.2, 0) is 4.74 Å². The predicted molar refractivity (Wildman–Crippen MR) is 64.3 cm³/mol. The van der Waals surface area contributed by atoms with E-state index in [9.17, 15) is 9.90 Å². The normalized spacial score (nSPS) is 14.1. The van der Waals surface area contributed by atoms with E-state index >= 15 is 0 Å². The summed E-state index contributed by atoms with van der Waals surface area (Å²) in [6, 6.07) is 0. The second-order valence-electron chi connectivity index (χ2n) is 5.39. The molecule has 0 aromatic rings. The molecule has 0 aromatic heterocycles. The Morgan fingerprint density at radius 3 is 2.31 bits per heavy atom. The van der Waals surface area contributed by atoms with Crippen LogP contribution < -0.4 is 5.32 Å². The summed E-state index contributed by atoms with van der Waals surface area (Å²) in [5, 5.41) is 12.4. The number of ether oxygens (including phenoxy) is 1. The van der Waals surface area contributed by atoms with Crippen LogP contribution in [0.4, 0.5) is 4.79 Å². The average Bonchev–Trinajstić information content (AvgIpc) is 1.99. The zero-order valence-corrected chi connectivity index (χ0v) is 10.8. The summed E-state index contributed by atoms with van der Waals surface area (Å²) in [4.78, 5) is 11.5. The standard InChI is InChI=1S/C12H23NO3/c1-7-8-9(14)12(5,6)13-10(15)16-11(2,3)4/h7,9,14H,1,8H2,2-6H3,(H,13,15). The Morgan fingerprint density at radius 2 is 1.94 bits per heavy atom. The summed E-state index contributed by atoms with van der Waals surface area (Å²) in [6.07, 6.45) is 0.824. The molecule has 0 aliphatic carbocycles. The zero-order valence-electron chi connectivity index (χ0n) is 10.8. The van der Waals surface area contributed by atoms with Gasteiger partial charge in [-0.15, -0.1) is 6.58 Å². The molecule has 16 heavy (non-hydrogen) atoms. The van der Waals surface area contributed by atoms with Crippen LogP contribution in [0.15, 0.2) is 12.7 Å². The molecule has 0 rings (SSSR count). The van der Waals surface area contributed by atoms with Crippen LogP contribution in [0.25, 0.3) is 0 Å². The number of carbonyl (C=O) groups excluding carboxylic acids is 1. The minimum Gasteiger partial charge on any atom is -0.444 e. The number of carbonyl (C=O) groups is 1. The van der Waals surface area contributed by atoms with Gasteiger partial charge < -0.3 is 15.2 Å². The molecular formula is C12H23NO3. The second-order valence-corrected chi connectivity index (χ2v) is 5.39. The predicted octanol–water partition coefficient (Wildman–Crippen LogP) is 2.23. The summed E-state index contributed by atoms with van der Waals surface area (Å²) in [6.45, 7) is 12.4. The summed E-state index contributed by atoms with van der Waals surface area (Å²) in [5.41, 5.74) is -1.28. The van der Waals surface area contributed by atoms with Crippen molar-refractivity contribution in [2.24, 2.45) is 0 Å². The van der Waals surface area contributed by atoms with Gasteiger partial charge in [-0.1, -0.05) is 6.08 Å². The molecular weight excluding hydrogens is 206 g/mol. The molecule has 1 atom stereocenters. The van der Waals surface area contributed by atoms with Crippen molar-refractivity contribution in [3.63, 3.8) is 0 Å². The van der Waals surface area contributed by atoms with Gasteiger partial charge in [-0.25, -0.2) is 4.79 Å². The third kappa shape index (κ3) is 5.75. The maximum Gasteiger partial charge on any atom is 0.408 e. The first-order chi connectivity index (χ1) is 7.08. The smallest absolute Gasteiger partial charge is 0.408 e. The van der Waals surface area contributed by atoms with Gasteiger partial charge in [0.15, 0.2) is 0 Å². The lowest BCUT2D eigenvalue weighted by molar-refractivity contribution is 0.0301. The highest BCUT2D eigenvalue weighted by atomic mass is 16.6. The van der Waals surface area contributed by atoms with E-state index in [4.69, 9.17) is 4.74 Å². The van der Waals surface area contributed by atoms with Crippen molar-refractivity contribution in [1.82, 2.24) is 5.32 Å². The third-order valence-electron chi connectivity index (χ3n) is 2.05. The average molecular weight is 229 g/mol. The summed E-state index contributed by atoms with van der Waals surface area (Å²) >= 11 is 0.